The molecule has 0 fully saturated rings. The third kappa shape index (κ3) is 1.04. The molecule has 1 atom stereocenters. The highest BCUT2D eigenvalue weighted by Crippen LogP contribution is 2.35. The Kier molecular flexibility index (Phi) is 0.564. The summed E-state index contributed by atoms with van der Waals surface area (Å²) in [5, 5.41) is 0. The van der Waals surface area contributed by atoms with Crippen LogP contribution in [0, 0.1) is 5.41 Å². The molecular weight excluding hydrogens is 112 g/mol. The van der Waals surface area contributed by atoms with Gasteiger partial charge in [-0.15, -0.1) is 0 Å². The zero-order valence-corrected chi connectivity index (χ0v) is 5.56. The number of carbonyl (C=O) groups excluding carboxylic acids is 1. The Morgan fingerprint density at radius 3 is 2.78 bits per heavy atom. The molecule has 0 spiro atoms. The lowest BCUT2D eigenvalue weighted by atomic mass is 9.87. The Balaban J connectivity index is 3.13. The topological polar surface area (TPSA) is 17.1 Å². The van der Waals surface area contributed by atoms with Gasteiger partial charge in [0, 0.05) is 11.9 Å². The minimum atomic E-state index is -2.26. The SMILES string of the molecule is [2H]C1C(=O)C=C(C([2H])([2H])[2H])C1(C)C. The molecule has 0 aromatic heterocycles. The molecule has 0 radical (unpaired) electrons. The van der Waals surface area contributed by atoms with Gasteiger partial charge in [-0.25, -0.2) is 0 Å². The van der Waals surface area contributed by atoms with Crippen molar-refractivity contribution in [3.05, 3.63) is 11.6 Å². The first-order chi connectivity index (χ1) is 5.67. The predicted octanol–water partition coefficient (Wildman–Crippen LogP) is 1.93. The molecule has 1 unspecified atom stereocenters. The highest BCUT2D eigenvalue weighted by Gasteiger charge is 2.28. The lowest BCUT2D eigenvalue weighted by Crippen LogP contribution is -2.08. The molecule has 0 amide bonds. The summed E-state index contributed by atoms with van der Waals surface area (Å²) < 4.78 is 29.1. The Labute approximate surface area is 61.4 Å². The molecule has 0 N–H and O–H groups in total. The first-order valence-electron chi connectivity index (χ1n) is 4.94. The van der Waals surface area contributed by atoms with E-state index in [2.05, 4.69) is 0 Å². The molecule has 1 rings (SSSR count). The smallest absolute Gasteiger partial charge is 0.156 e. The monoisotopic (exact) mass is 128 g/mol. The summed E-state index contributed by atoms with van der Waals surface area (Å²) in [5.74, 6) is -0.406. The molecule has 0 aromatic rings. The van der Waals surface area contributed by atoms with Crippen molar-refractivity contribution in [1.82, 2.24) is 0 Å². The van der Waals surface area contributed by atoms with E-state index in [9.17, 15) is 4.79 Å². The number of allylic oxidation sites excluding steroid dienone is 2. The summed E-state index contributed by atoms with van der Waals surface area (Å²) in [6, 6.07) is 0. The van der Waals surface area contributed by atoms with Gasteiger partial charge in [-0.05, 0) is 18.3 Å². The summed E-state index contributed by atoms with van der Waals surface area (Å²) in [6.45, 7) is 0.983. The maximum atomic E-state index is 11.1. The Morgan fingerprint density at radius 2 is 2.56 bits per heavy atom. The Bertz CT molecular complexity index is 274. The van der Waals surface area contributed by atoms with Gasteiger partial charge < -0.3 is 0 Å². The number of hydrogen-bond acceptors (Lipinski definition) is 1. The Hall–Kier alpha value is -0.590. The lowest BCUT2D eigenvalue weighted by Gasteiger charge is -2.17. The van der Waals surface area contributed by atoms with Crippen LogP contribution in [-0.4, -0.2) is 5.78 Å². The van der Waals surface area contributed by atoms with E-state index in [0.29, 0.717) is 0 Å². The maximum absolute atomic E-state index is 11.1. The molecule has 1 heteroatoms. The first-order valence-corrected chi connectivity index (χ1v) is 2.86. The number of rotatable bonds is 0. The quantitative estimate of drug-likeness (QED) is 0.487. The van der Waals surface area contributed by atoms with Crippen molar-refractivity contribution in [2.45, 2.75) is 27.1 Å². The molecule has 1 nitrogen and oxygen atoms in total. The second-order valence-corrected chi connectivity index (χ2v) is 2.83. The van der Waals surface area contributed by atoms with Crippen molar-refractivity contribution in [3.63, 3.8) is 0 Å². The van der Waals surface area contributed by atoms with Crippen LogP contribution >= 0.6 is 0 Å². The van der Waals surface area contributed by atoms with Crippen LogP contribution in [0.25, 0.3) is 0 Å². The van der Waals surface area contributed by atoms with E-state index in [-0.39, 0.29) is 5.57 Å². The normalized spacial score (nSPS) is 40.4. The summed E-state index contributed by atoms with van der Waals surface area (Å²) in [5.41, 5.74) is -0.757. The molecule has 0 aromatic carbocycles. The van der Waals surface area contributed by atoms with Crippen molar-refractivity contribution in [2.75, 3.05) is 0 Å². The largest absolute Gasteiger partial charge is 0.295 e. The van der Waals surface area contributed by atoms with Gasteiger partial charge >= 0.3 is 0 Å². The molecule has 0 heterocycles. The van der Waals surface area contributed by atoms with Crippen LogP contribution in [-0.2, 0) is 4.79 Å². The molecule has 0 bridgehead atoms. The highest BCUT2D eigenvalue weighted by molar-refractivity contribution is 5.94. The molecule has 9 heavy (non-hydrogen) atoms. The standard InChI is InChI=1S/C8H12O/c1-6-4-7(9)5-8(6,2)3/h4H,5H2,1-3H3/i1D3,5D. The molecule has 0 aliphatic heterocycles. The van der Waals surface area contributed by atoms with E-state index in [4.69, 9.17) is 5.48 Å². The number of carbonyl (C=O) groups is 1. The van der Waals surface area contributed by atoms with E-state index in [0.717, 1.165) is 6.08 Å². The molecule has 0 saturated carbocycles. The first kappa shape index (κ1) is 3.00. The van der Waals surface area contributed by atoms with Crippen LogP contribution in [0.1, 0.15) is 32.6 Å². The van der Waals surface area contributed by atoms with Gasteiger partial charge in [0.1, 0.15) is 0 Å². The number of hydrogen-bond donors (Lipinski definition) is 0. The van der Waals surface area contributed by atoms with Crippen molar-refractivity contribution in [2.24, 2.45) is 5.41 Å². The van der Waals surface area contributed by atoms with Gasteiger partial charge in [0.15, 0.2) is 5.78 Å². The fourth-order valence-electron chi connectivity index (χ4n) is 0.803. The average Bonchev–Trinajstić information content (AvgIpc) is 2.12. The van der Waals surface area contributed by atoms with Gasteiger partial charge in [0.25, 0.3) is 0 Å². The van der Waals surface area contributed by atoms with Gasteiger partial charge in [0.05, 0.1) is 0 Å². The second-order valence-electron chi connectivity index (χ2n) is 2.83. The molecule has 1 aliphatic carbocycles. The fourth-order valence-corrected chi connectivity index (χ4v) is 0.803. The highest BCUT2D eigenvalue weighted by atomic mass is 16.1. The van der Waals surface area contributed by atoms with Crippen LogP contribution in [0.5, 0.6) is 0 Å². The molecule has 1 aliphatic rings. The van der Waals surface area contributed by atoms with Gasteiger partial charge in [-0.1, -0.05) is 19.4 Å². The van der Waals surface area contributed by atoms with Gasteiger partial charge in [-0.3, -0.25) is 4.79 Å². The molecule has 0 saturated heterocycles. The van der Waals surface area contributed by atoms with E-state index in [1.165, 1.54) is 0 Å². The van der Waals surface area contributed by atoms with Crippen LogP contribution in [0.15, 0.2) is 11.6 Å². The summed E-state index contributed by atoms with van der Waals surface area (Å²) in [7, 11) is 0. The van der Waals surface area contributed by atoms with Crippen LogP contribution in [0.2, 0.25) is 0 Å². The van der Waals surface area contributed by atoms with Gasteiger partial charge in [0.2, 0.25) is 0 Å². The van der Waals surface area contributed by atoms with Gasteiger partial charge in [-0.2, -0.15) is 0 Å². The van der Waals surface area contributed by atoms with Crippen LogP contribution in [0.3, 0.4) is 0 Å². The predicted molar refractivity (Wildman–Crippen MR) is 37.2 cm³/mol. The van der Waals surface area contributed by atoms with E-state index < -0.39 is 24.4 Å². The summed E-state index contributed by atoms with van der Waals surface area (Å²) in [6.07, 6.45) is 0.132. The Morgan fingerprint density at radius 1 is 1.89 bits per heavy atom. The van der Waals surface area contributed by atoms with E-state index in [1.54, 1.807) is 13.8 Å². The third-order valence-corrected chi connectivity index (χ3v) is 1.48. The van der Waals surface area contributed by atoms with Crippen molar-refractivity contribution < 1.29 is 10.3 Å². The van der Waals surface area contributed by atoms with E-state index >= 15 is 0 Å². The lowest BCUT2D eigenvalue weighted by molar-refractivity contribution is -0.115. The summed E-state index contributed by atoms with van der Waals surface area (Å²) in [4.78, 5) is 11.1. The van der Waals surface area contributed by atoms with Crippen LogP contribution in [0.4, 0.5) is 0 Å². The zero-order valence-electron chi connectivity index (χ0n) is 9.56. The van der Waals surface area contributed by atoms with Crippen molar-refractivity contribution >= 4 is 5.78 Å². The maximum Gasteiger partial charge on any atom is 0.156 e. The minimum absolute atomic E-state index is 0.102. The minimum Gasteiger partial charge on any atom is -0.295 e. The van der Waals surface area contributed by atoms with Crippen LogP contribution < -0.4 is 0 Å². The average molecular weight is 128 g/mol. The number of ketones is 1. The third-order valence-electron chi connectivity index (χ3n) is 1.48. The zero-order chi connectivity index (χ0) is 10.4. The van der Waals surface area contributed by atoms with Crippen molar-refractivity contribution in [1.29, 1.82) is 0 Å². The van der Waals surface area contributed by atoms with E-state index in [1.807, 2.05) is 0 Å². The molecule has 50 valence electrons. The van der Waals surface area contributed by atoms with Crippen molar-refractivity contribution in [3.8, 4) is 0 Å². The summed E-state index contributed by atoms with van der Waals surface area (Å²) >= 11 is 0. The second kappa shape index (κ2) is 1.69. The molecular formula is C8H12O. The fraction of sp³-hybridized carbons (Fsp3) is 0.625.